The van der Waals surface area contributed by atoms with Gasteiger partial charge in [0, 0.05) is 33.9 Å². The van der Waals surface area contributed by atoms with E-state index in [0.717, 1.165) is 6.92 Å². The van der Waals surface area contributed by atoms with E-state index in [1.165, 1.54) is 0 Å². The quantitative estimate of drug-likeness (QED) is 0.0996. The molecule has 0 rings (SSSR count). The van der Waals surface area contributed by atoms with Crippen LogP contribution in [-0.4, -0.2) is 77.4 Å². The molecular weight excluding hydrogens is 559 g/mol. The molecule has 0 heterocycles. The van der Waals surface area contributed by atoms with Crippen molar-refractivity contribution in [3.05, 3.63) is 0 Å². The Morgan fingerprint density at radius 1 is 0.829 bits per heavy atom. The summed E-state index contributed by atoms with van der Waals surface area (Å²) in [5.74, 6) is -2.13. The summed E-state index contributed by atoms with van der Waals surface area (Å²) < 4.78 is 41.5. The van der Waals surface area contributed by atoms with Crippen LogP contribution in [-0.2, 0) is 46.9 Å². The zero-order valence-corrected chi connectivity index (χ0v) is 22.8. The maximum atomic E-state index is 12.3. The molecule has 0 radical (unpaired) electrons. The second kappa shape index (κ2) is 14.8. The Hall–Kier alpha value is -1.61. The molecule has 204 valence electrons. The fourth-order valence-corrected chi connectivity index (χ4v) is 3.22. The van der Waals surface area contributed by atoms with Crippen molar-refractivity contribution >= 4 is 46.5 Å². The Kier molecular flexibility index (Phi) is 14.1. The number of phosphoric ester groups is 1. The summed E-state index contributed by atoms with van der Waals surface area (Å²) >= 11 is 2.52. The van der Waals surface area contributed by atoms with Gasteiger partial charge in [-0.1, -0.05) is 0 Å². The Bertz CT molecular complexity index is 781. The number of carbonyl (C=O) groups excluding carboxylic acids is 4. The molecule has 3 atom stereocenters. The van der Waals surface area contributed by atoms with Crippen molar-refractivity contribution in [3.8, 4) is 0 Å². The first-order chi connectivity index (χ1) is 15.8. The van der Waals surface area contributed by atoms with Gasteiger partial charge >= 0.3 is 30.6 Å². The van der Waals surface area contributed by atoms with E-state index in [1.54, 1.807) is 27.7 Å². The fraction of sp³-hybridized carbons (Fsp3) is 0.789. The molecule has 14 nitrogen and oxygen atoms in total. The van der Waals surface area contributed by atoms with Crippen LogP contribution in [0.4, 0.5) is 4.79 Å². The maximum absolute atomic E-state index is 12.3. The summed E-state index contributed by atoms with van der Waals surface area (Å²) in [6, 6.07) is 0. The predicted octanol–water partition coefficient (Wildman–Crippen LogP) is 1.29. The van der Waals surface area contributed by atoms with Crippen molar-refractivity contribution in [1.82, 2.24) is 0 Å². The summed E-state index contributed by atoms with van der Waals surface area (Å²) in [5.41, 5.74) is 9.80. The van der Waals surface area contributed by atoms with Crippen molar-refractivity contribution in [3.63, 3.8) is 0 Å². The van der Waals surface area contributed by atoms with E-state index in [2.05, 4.69) is 20.7 Å². The van der Waals surface area contributed by atoms with Gasteiger partial charge in [-0.15, -0.1) is 0 Å². The van der Waals surface area contributed by atoms with E-state index in [9.17, 15) is 28.6 Å². The highest BCUT2D eigenvalue weighted by Gasteiger charge is 2.30. The standard InChI is InChI=1S/C19H34BrN2O12P/c1-12(23)29-8-14(34-17(20)26)11-32-35(27,28)31-10-13(33-16(25)7-19(4,5)22)9-30-15(24)6-18(2,3)21/h13-14H,6-11,21-22H2,1-5H3,(H,27,28)/t13?,14-/m1/s1. The molecule has 0 aromatic carbocycles. The Labute approximate surface area is 212 Å². The van der Waals surface area contributed by atoms with Gasteiger partial charge in [0.1, 0.15) is 13.2 Å². The lowest BCUT2D eigenvalue weighted by Crippen LogP contribution is -2.39. The number of carbonyl (C=O) groups is 4. The molecule has 0 bridgehead atoms. The SMILES string of the molecule is CC(=O)OC[C@H](COP(=O)(O)OCC(COC(=O)CC(C)(C)N)OC(=O)CC(C)(C)N)OC(=O)Br. The smallest absolute Gasteiger partial charge is 0.462 e. The van der Waals surface area contributed by atoms with E-state index in [1.807, 2.05) is 0 Å². The molecule has 5 N–H and O–H groups in total. The molecule has 16 heteroatoms. The first-order valence-electron chi connectivity index (χ1n) is 10.3. The Morgan fingerprint density at radius 2 is 1.26 bits per heavy atom. The molecule has 0 saturated heterocycles. The van der Waals surface area contributed by atoms with Crippen LogP contribution in [0.25, 0.3) is 0 Å². The lowest BCUT2D eigenvalue weighted by atomic mass is 10.0. The van der Waals surface area contributed by atoms with Crippen molar-refractivity contribution in [1.29, 1.82) is 0 Å². The highest BCUT2D eigenvalue weighted by Crippen LogP contribution is 2.43. The third-order valence-corrected chi connectivity index (χ3v) is 4.64. The zero-order valence-electron chi connectivity index (χ0n) is 20.3. The molecular formula is C19H34BrN2O12P. The van der Waals surface area contributed by atoms with Crippen LogP contribution < -0.4 is 11.5 Å². The number of hydrogen-bond donors (Lipinski definition) is 3. The molecule has 2 unspecified atom stereocenters. The van der Waals surface area contributed by atoms with Gasteiger partial charge in [0.15, 0.2) is 12.2 Å². The van der Waals surface area contributed by atoms with E-state index in [0.29, 0.717) is 0 Å². The molecule has 0 saturated carbocycles. The third-order valence-electron chi connectivity index (χ3n) is 3.51. The number of rotatable bonds is 16. The second-order valence-electron chi connectivity index (χ2n) is 8.97. The van der Waals surface area contributed by atoms with Crippen LogP contribution in [0.15, 0.2) is 0 Å². The molecule has 0 aromatic heterocycles. The van der Waals surface area contributed by atoms with E-state index in [4.69, 9.17) is 34.7 Å². The minimum absolute atomic E-state index is 0.137. The number of hydrogen-bond acceptors (Lipinski definition) is 13. The maximum Gasteiger partial charge on any atom is 0.472 e. The normalized spacial score (nSPS) is 15.3. The minimum Gasteiger partial charge on any atom is -0.462 e. The topological polar surface area (TPSA) is 213 Å². The van der Waals surface area contributed by atoms with Crippen molar-refractivity contribution < 1.29 is 56.6 Å². The average Bonchev–Trinajstić information content (AvgIpc) is 2.63. The largest absolute Gasteiger partial charge is 0.472 e. The summed E-state index contributed by atoms with van der Waals surface area (Å²) in [6.07, 6.45) is -2.84. The monoisotopic (exact) mass is 592 g/mol. The Balaban J connectivity index is 5.09. The number of phosphoric acid groups is 1. The van der Waals surface area contributed by atoms with Crippen molar-refractivity contribution in [2.24, 2.45) is 11.5 Å². The van der Waals surface area contributed by atoms with Crippen LogP contribution >= 0.6 is 23.8 Å². The highest BCUT2D eigenvalue weighted by molar-refractivity contribution is 9.18. The van der Waals surface area contributed by atoms with E-state index >= 15 is 0 Å². The summed E-state index contributed by atoms with van der Waals surface area (Å²) in [6.45, 7) is 5.19. The van der Waals surface area contributed by atoms with Gasteiger partial charge in [0.2, 0.25) is 0 Å². The third kappa shape index (κ3) is 20.3. The highest BCUT2D eigenvalue weighted by atomic mass is 79.9. The molecule has 35 heavy (non-hydrogen) atoms. The summed E-state index contributed by atoms with van der Waals surface area (Å²) in [5, 5.41) is 0. The van der Waals surface area contributed by atoms with Crippen molar-refractivity contribution in [2.45, 2.75) is 70.7 Å². The lowest BCUT2D eigenvalue weighted by Gasteiger charge is -2.23. The first kappa shape index (κ1) is 33.4. The molecule has 0 aliphatic carbocycles. The van der Waals surface area contributed by atoms with Gasteiger partial charge < -0.3 is 35.3 Å². The fourth-order valence-electron chi connectivity index (χ4n) is 2.17. The van der Waals surface area contributed by atoms with E-state index < -0.39 is 80.3 Å². The predicted molar refractivity (Wildman–Crippen MR) is 124 cm³/mol. The molecule has 0 fully saturated rings. The zero-order chi connectivity index (χ0) is 27.4. The van der Waals surface area contributed by atoms with Crippen LogP contribution in [0, 0.1) is 0 Å². The first-order valence-corrected chi connectivity index (χ1v) is 12.6. The summed E-state index contributed by atoms with van der Waals surface area (Å²) in [7, 11) is -4.78. The van der Waals surface area contributed by atoms with Crippen molar-refractivity contribution in [2.75, 3.05) is 26.4 Å². The number of nitrogens with two attached hydrogens (primary N) is 2. The molecule has 0 aromatic rings. The molecule has 0 amide bonds. The molecule has 0 aliphatic rings. The average molecular weight is 593 g/mol. The number of esters is 3. The van der Waals surface area contributed by atoms with E-state index in [-0.39, 0.29) is 12.8 Å². The van der Waals surface area contributed by atoms with Crippen LogP contribution in [0.5, 0.6) is 0 Å². The van der Waals surface area contributed by atoms with Gasteiger partial charge in [0.25, 0.3) is 0 Å². The van der Waals surface area contributed by atoms with Crippen LogP contribution in [0.3, 0.4) is 0 Å². The number of ether oxygens (including phenoxy) is 4. The molecule has 0 aliphatic heterocycles. The lowest BCUT2D eigenvalue weighted by molar-refractivity contribution is -0.162. The van der Waals surface area contributed by atoms with Gasteiger partial charge in [-0.25, -0.2) is 9.36 Å². The number of halogens is 1. The minimum atomic E-state index is -4.78. The van der Waals surface area contributed by atoms with Gasteiger partial charge in [-0.3, -0.25) is 23.4 Å². The molecule has 0 spiro atoms. The summed E-state index contributed by atoms with van der Waals surface area (Å²) in [4.78, 5) is 55.1. The van der Waals surface area contributed by atoms with Crippen LogP contribution in [0.1, 0.15) is 47.5 Å². The van der Waals surface area contributed by atoms with Crippen LogP contribution in [0.2, 0.25) is 0 Å². The van der Waals surface area contributed by atoms with Gasteiger partial charge in [0.05, 0.1) is 26.1 Å². The van der Waals surface area contributed by atoms with Gasteiger partial charge in [-0.2, -0.15) is 0 Å². The second-order valence-corrected chi connectivity index (χ2v) is 11.1. The van der Waals surface area contributed by atoms with Gasteiger partial charge in [-0.05, 0) is 27.7 Å². The Morgan fingerprint density at radius 3 is 1.69 bits per heavy atom.